The van der Waals surface area contributed by atoms with Crippen LogP contribution in [0.2, 0.25) is 0 Å². The highest BCUT2D eigenvalue weighted by Crippen LogP contribution is 2.29. The molecule has 1 aromatic rings. The molecule has 0 spiro atoms. The van der Waals surface area contributed by atoms with E-state index in [-0.39, 0.29) is 5.75 Å². The maximum atomic E-state index is 12.1. The average Bonchev–Trinajstić information content (AvgIpc) is 2.46. The van der Waals surface area contributed by atoms with Crippen LogP contribution < -0.4 is 4.74 Å². The van der Waals surface area contributed by atoms with Gasteiger partial charge in [0.15, 0.2) is 0 Å². The van der Waals surface area contributed by atoms with Crippen molar-refractivity contribution in [2.24, 2.45) is 4.40 Å². The first kappa shape index (κ1) is 14.1. The first-order valence-corrected chi connectivity index (χ1v) is 7.19. The largest absolute Gasteiger partial charge is 0.573 e. The molecular formula is C14H11F3N2OS. The number of ether oxygens (including phenoxy) is 1. The van der Waals surface area contributed by atoms with Crippen LogP contribution in [-0.2, 0) is 0 Å². The van der Waals surface area contributed by atoms with E-state index < -0.39 is 6.36 Å². The molecule has 7 heteroatoms. The summed E-state index contributed by atoms with van der Waals surface area (Å²) >= 11 is 1.49. The van der Waals surface area contributed by atoms with Crippen LogP contribution >= 0.6 is 11.9 Å². The van der Waals surface area contributed by atoms with Gasteiger partial charge in [0.05, 0.1) is 0 Å². The van der Waals surface area contributed by atoms with Crippen molar-refractivity contribution in [3.05, 3.63) is 48.2 Å². The van der Waals surface area contributed by atoms with Crippen molar-refractivity contribution in [3.63, 3.8) is 0 Å². The second-order valence-corrected chi connectivity index (χ2v) is 5.28. The molecule has 0 radical (unpaired) electrons. The van der Waals surface area contributed by atoms with Crippen LogP contribution in [0.15, 0.2) is 47.0 Å². The number of alkyl halides is 3. The van der Waals surface area contributed by atoms with E-state index in [0.29, 0.717) is 0 Å². The van der Waals surface area contributed by atoms with Crippen molar-refractivity contribution in [1.29, 1.82) is 0 Å². The van der Waals surface area contributed by atoms with Gasteiger partial charge >= 0.3 is 6.36 Å². The lowest BCUT2D eigenvalue weighted by molar-refractivity contribution is -0.274. The highest BCUT2D eigenvalue weighted by atomic mass is 32.2. The maximum absolute atomic E-state index is 12.1. The monoisotopic (exact) mass is 312 g/mol. The molecule has 0 saturated carbocycles. The molecule has 1 aromatic carbocycles. The molecule has 2 heterocycles. The molecular weight excluding hydrogens is 301 g/mol. The van der Waals surface area contributed by atoms with Crippen molar-refractivity contribution in [2.75, 3.05) is 12.3 Å². The molecule has 0 fully saturated rings. The van der Waals surface area contributed by atoms with Crippen LogP contribution in [-0.4, -0.2) is 29.4 Å². The van der Waals surface area contributed by atoms with Gasteiger partial charge in [0.1, 0.15) is 11.6 Å². The second-order valence-electron chi connectivity index (χ2n) is 4.44. The van der Waals surface area contributed by atoms with Crippen LogP contribution in [0, 0.1) is 0 Å². The summed E-state index contributed by atoms with van der Waals surface area (Å²) in [4.78, 5) is 2.03. The lowest BCUT2D eigenvalue weighted by Gasteiger charge is -2.29. The molecule has 0 atom stereocenters. The zero-order valence-electron chi connectivity index (χ0n) is 10.8. The smallest absolute Gasteiger partial charge is 0.406 e. The standard InChI is InChI=1S/C14H11F3N2OS/c15-14(16,17)20-11-5-3-10(4-6-11)12-2-1-7-19-8-9-21-18-13(12)19/h1-7H,8-9H2. The first-order chi connectivity index (χ1) is 10.0. The van der Waals surface area contributed by atoms with Gasteiger partial charge in [-0.2, -0.15) is 4.40 Å². The number of nitrogens with zero attached hydrogens (tertiary/aromatic N) is 2. The Labute approximate surface area is 123 Å². The molecule has 2 aliphatic rings. The Hall–Kier alpha value is -1.89. The highest BCUT2D eigenvalue weighted by Gasteiger charge is 2.31. The Morgan fingerprint density at radius 1 is 1.19 bits per heavy atom. The van der Waals surface area contributed by atoms with Crippen molar-refractivity contribution in [2.45, 2.75) is 6.36 Å². The van der Waals surface area contributed by atoms with E-state index in [0.717, 1.165) is 29.3 Å². The predicted molar refractivity (Wildman–Crippen MR) is 76.8 cm³/mol. The van der Waals surface area contributed by atoms with Crippen LogP contribution in [0.4, 0.5) is 13.2 Å². The van der Waals surface area contributed by atoms with Gasteiger partial charge in [-0.15, -0.1) is 13.2 Å². The minimum atomic E-state index is -4.67. The Bertz CT molecular complexity index is 620. The average molecular weight is 312 g/mol. The second kappa shape index (κ2) is 5.48. The summed E-state index contributed by atoms with van der Waals surface area (Å²) in [6.07, 6.45) is 1.09. The first-order valence-electron chi connectivity index (χ1n) is 6.24. The van der Waals surface area contributed by atoms with E-state index in [1.165, 1.54) is 24.1 Å². The van der Waals surface area contributed by atoms with E-state index in [4.69, 9.17) is 0 Å². The number of fused-ring (bicyclic) bond motifs is 1. The molecule has 0 amide bonds. The molecule has 0 unspecified atom stereocenters. The summed E-state index contributed by atoms with van der Waals surface area (Å²) in [5.74, 6) is 1.52. The highest BCUT2D eigenvalue weighted by molar-refractivity contribution is 7.98. The van der Waals surface area contributed by atoms with Gasteiger partial charge in [-0.05, 0) is 41.8 Å². The van der Waals surface area contributed by atoms with Crippen molar-refractivity contribution < 1.29 is 17.9 Å². The normalized spacial score (nSPS) is 18.0. The van der Waals surface area contributed by atoms with Crippen molar-refractivity contribution >= 4 is 23.4 Å². The van der Waals surface area contributed by atoms with E-state index in [2.05, 4.69) is 9.13 Å². The van der Waals surface area contributed by atoms with Gasteiger partial charge in [-0.1, -0.05) is 12.1 Å². The number of benzene rings is 1. The lowest BCUT2D eigenvalue weighted by Crippen LogP contribution is -2.32. The quantitative estimate of drug-likeness (QED) is 0.775. The van der Waals surface area contributed by atoms with Gasteiger partial charge in [0.25, 0.3) is 0 Å². The third-order valence-corrected chi connectivity index (χ3v) is 3.68. The van der Waals surface area contributed by atoms with Crippen molar-refractivity contribution in [1.82, 2.24) is 4.90 Å². The topological polar surface area (TPSA) is 24.8 Å². The van der Waals surface area contributed by atoms with Gasteiger partial charge in [0.2, 0.25) is 0 Å². The van der Waals surface area contributed by atoms with Gasteiger partial charge in [0, 0.05) is 24.1 Å². The molecule has 0 aliphatic carbocycles. The molecule has 0 aromatic heterocycles. The molecule has 0 saturated heterocycles. The lowest BCUT2D eigenvalue weighted by atomic mass is 10.0. The SMILES string of the molecule is FC(F)(F)Oc1ccc(C2=CC=CN3CCSN=C23)cc1. The fraction of sp³-hybridized carbons (Fsp3) is 0.214. The molecule has 3 rings (SSSR count). The Morgan fingerprint density at radius 3 is 2.67 bits per heavy atom. The number of amidine groups is 1. The number of allylic oxidation sites excluding steroid dienone is 2. The Morgan fingerprint density at radius 2 is 1.95 bits per heavy atom. The van der Waals surface area contributed by atoms with Crippen LogP contribution in [0.1, 0.15) is 5.56 Å². The minimum absolute atomic E-state index is 0.227. The van der Waals surface area contributed by atoms with E-state index >= 15 is 0 Å². The third kappa shape index (κ3) is 3.24. The number of halogens is 3. The summed E-state index contributed by atoms with van der Waals surface area (Å²) in [5, 5.41) is 0. The van der Waals surface area contributed by atoms with E-state index in [1.807, 2.05) is 23.3 Å². The molecule has 3 nitrogen and oxygen atoms in total. The summed E-state index contributed by atoms with van der Waals surface area (Å²) < 4.78 is 44.7. The fourth-order valence-corrected chi connectivity index (χ4v) is 2.83. The molecule has 21 heavy (non-hydrogen) atoms. The molecule has 0 bridgehead atoms. The van der Waals surface area contributed by atoms with Crippen LogP contribution in [0.3, 0.4) is 0 Å². The van der Waals surface area contributed by atoms with Crippen molar-refractivity contribution in [3.8, 4) is 5.75 Å². The summed E-state index contributed by atoms with van der Waals surface area (Å²) in [7, 11) is 0. The van der Waals surface area contributed by atoms with Gasteiger partial charge in [-0.25, -0.2) is 0 Å². The van der Waals surface area contributed by atoms with Crippen LogP contribution in [0.25, 0.3) is 5.57 Å². The third-order valence-electron chi connectivity index (χ3n) is 3.02. The Balaban J connectivity index is 1.85. The zero-order valence-corrected chi connectivity index (χ0v) is 11.6. The number of rotatable bonds is 2. The fourth-order valence-electron chi connectivity index (χ4n) is 2.13. The zero-order chi connectivity index (χ0) is 14.9. The maximum Gasteiger partial charge on any atom is 0.573 e. The molecule has 0 N–H and O–H groups in total. The van der Waals surface area contributed by atoms with E-state index in [9.17, 15) is 13.2 Å². The Kier molecular flexibility index (Phi) is 3.67. The van der Waals surface area contributed by atoms with Crippen LogP contribution in [0.5, 0.6) is 5.75 Å². The number of hydrogen-bond donors (Lipinski definition) is 0. The molecule has 2 aliphatic heterocycles. The summed E-state index contributed by atoms with van der Waals surface area (Å²) in [5.41, 5.74) is 1.70. The summed E-state index contributed by atoms with van der Waals surface area (Å²) in [6.45, 7) is 0.868. The number of hydrogen-bond acceptors (Lipinski definition) is 4. The van der Waals surface area contributed by atoms with E-state index in [1.54, 1.807) is 12.1 Å². The molecule has 110 valence electrons. The predicted octanol–water partition coefficient (Wildman–Crippen LogP) is 3.86. The van der Waals surface area contributed by atoms with Gasteiger partial charge in [-0.3, -0.25) is 0 Å². The summed E-state index contributed by atoms with van der Waals surface area (Å²) in [6, 6.07) is 5.82. The van der Waals surface area contributed by atoms with Gasteiger partial charge < -0.3 is 9.64 Å². The minimum Gasteiger partial charge on any atom is -0.406 e.